The number of carboxylic acid groups (broad SMARTS) is 1. The summed E-state index contributed by atoms with van der Waals surface area (Å²) in [6.07, 6.45) is -5.54. The Morgan fingerprint density at radius 1 is 1.42 bits per heavy atom. The first-order valence-electron chi connectivity index (χ1n) is 7.09. The van der Waals surface area contributed by atoms with Crippen LogP contribution in [0.2, 0.25) is 0 Å². The molecule has 1 unspecified atom stereocenters. The van der Waals surface area contributed by atoms with Crippen molar-refractivity contribution in [2.24, 2.45) is 12.5 Å². The summed E-state index contributed by atoms with van der Waals surface area (Å²) in [6.45, 7) is 0.671. The van der Waals surface area contributed by atoms with Gasteiger partial charge in [-0.1, -0.05) is 0 Å². The van der Waals surface area contributed by atoms with E-state index in [-0.39, 0.29) is 11.4 Å². The van der Waals surface area contributed by atoms with E-state index in [1.807, 2.05) is 0 Å². The molecule has 0 bridgehead atoms. The Labute approximate surface area is 138 Å². The molecule has 130 valence electrons. The lowest BCUT2D eigenvalue weighted by Gasteiger charge is -2.27. The minimum absolute atomic E-state index is 0.240. The van der Waals surface area contributed by atoms with Crippen LogP contribution >= 0.6 is 11.3 Å². The number of carbonyl (C=O) groups excluding carboxylic acids is 1. The molecule has 3 rings (SSSR count). The lowest BCUT2D eigenvalue weighted by atomic mass is 9.86. The molecule has 10 heteroatoms. The summed E-state index contributed by atoms with van der Waals surface area (Å²) < 4.78 is 41.2. The van der Waals surface area contributed by atoms with Crippen LogP contribution in [0.25, 0.3) is 10.2 Å². The Balaban J connectivity index is 1.91. The molecule has 2 aromatic heterocycles. The Morgan fingerprint density at radius 2 is 2.08 bits per heavy atom. The molecular weight excluding hydrogens is 347 g/mol. The van der Waals surface area contributed by atoms with Crippen LogP contribution in [0.1, 0.15) is 21.8 Å². The van der Waals surface area contributed by atoms with E-state index in [0.29, 0.717) is 0 Å². The molecule has 1 saturated heterocycles. The molecule has 0 radical (unpaired) electrons. The van der Waals surface area contributed by atoms with Crippen molar-refractivity contribution in [3.05, 3.63) is 16.6 Å². The van der Waals surface area contributed by atoms with Gasteiger partial charge in [-0.05, 0) is 19.4 Å². The third kappa shape index (κ3) is 2.27. The number of carbonyl (C=O) groups is 2. The second-order valence-electron chi connectivity index (χ2n) is 5.90. The predicted molar refractivity (Wildman–Crippen MR) is 80.0 cm³/mol. The minimum atomic E-state index is -4.91. The van der Waals surface area contributed by atoms with Crippen LogP contribution in [0.5, 0.6) is 0 Å². The molecule has 1 amide bonds. The van der Waals surface area contributed by atoms with E-state index in [9.17, 15) is 22.8 Å². The van der Waals surface area contributed by atoms with E-state index >= 15 is 0 Å². The predicted octanol–water partition coefficient (Wildman–Crippen LogP) is 2.42. The van der Waals surface area contributed by atoms with E-state index in [1.54, 1.807) is 24.7 Å². The molecule has 0 spiro atoms. The Hall–Kier alpha value is -2.10. The van der Waals surface area contributed by atoms with Gasteiger partial charge in [0.1, 0.15) is 4.83 Å². The molecule has 1 aliphatic heterocycles. The summed E-state index contributed by atoms with van der Waals surface area (Å²) in [7, 11) is 1.72. The average molecular weight is 361 g/mol. The standard InChI is InChI=1S/C14H14F3N3O3S/c1-7-8-5-9(24-11(8)19(2)18-7)10(21)20-4-3-13(6-20,12(22)23)14(15,16)17/h5H,3-4,6H2,1-2H3,(H,22,23). The quantitative estimate of drug-likeness (QED) is 0.891. The van der Waals surface area contributed by atoms with Gasteiger partial charge in [-0.2, -0.15) is 18.3 Å². The van der Waals surface area contributed by atoms with E-state index < -0.39 is 36.4 Å². The first-order chi connectivity index (χ1) is 11.1. The number of aromatic nitrogens is 2. The van der Waals surface area contributed by atoms with Gasteiger partial charge < -0.3 is 10.0 Å². The number of alkyl halides is 3. The van der Waals surface area contributed by atoms with Crippen molar-refractivity contribution in [2.45, 2.75) is 19.5 Å². The molecule has 1 aliphatic rings. The van der Waals surface area contributed by atoms with Gasteiger partial charge in [0.15, 0.2) is 5.41 Å². The van der Waals surface area contributed by atoms with Crippen molar-refractivity contribution in [2.75, 3.05) is 13.1 Å². The Bertz CT molecular complexity index is 807. The largest absolute Gasteiger partial charge is 0.481 e. The number of likely N-dealkylation sites (tertiary alicyclic amines) is 1. The summed E-state index contributed by atoms with van der Waals surface area (Å²) in [5, 5.41) is 14.0. The zero-order chi connectivity index (χ0) is 17.9. The highest BCUT2D eigenvalue weighted by atomic mass is 32.1. The van der Waals surface area contributed by atoms with E-state index in [0.717, 1.165) is 32.1 Å². The van der Waals surface area contributed by atoms with Crippen molar-refractivity contribution in [1.29, 1.82) is 0 Å². The van der Waals surface area contributed by atoms with Gasteiger partial charge >= 0.3 is 12.1 Å². The summed E-state index contributed by atoms with van der Waals surface area (Å²) in [5.74, 6) is -2.52. The van der Waals surface area contributed by atoms with Crippen LogP contribution in [0.4, 0.5) is 13.2 Å². The van der Waals surface area contributed by atoms with Crippen LogP contribution in [0.3, 0.4) is 0 Å². The number of amides is 1. The van der Waals surface area contributed by atoms with E-state index in [4.69, 9.17) is 5.11 Å². The maximum Gasteiger partial charge on any atom is 0.406 e. The Morgan fingerprint density at radius 3 is 2.58 bits per heavy atom. The molecule has 3 heterocycles. The molecule has 1 atom stereocenters. The summed E-state index contributed by atoms with van der Waals surface area (Å²) >= 11 is 1.14. The number of aryl methyl sites for hydroxylation is 2. The van der Waals surface area contributed by atoms with E-state index in [1.165, 1.54) is 0 Å². The minimum Gasteiger partial charge on any atom is -0.481 e. The van der Waals surface area contributed by atoms with Crippen LogP contribution in [-0.2, 0) is 11.8 Å². The second kappa shape index (κ2) is 5.20. The number of nitrogens with zero attached hydrogens (tertiary/aromatic N) is 3. The fourth-order valence-corrected chi connectivity index (χ4v) is 4.07. The molecule has 24 heavy (non-hydrogen) atoms. The lowest BCUT2D eigenvalue weighted by Crippen LogP contribution is -2.47. The molecule has 0 saturated carbocycles. The van der Waals surface area contributed by atoms with Gasteiger partial charge in [0, 0.05) is 25.5 Å². The molecule has 6 nitrogen and oxygen atoms in total. The fourth-order valence-electron chi connectivity index (χ4n) is 2.98. The van der Waals surface area contributed by atoms with E-state index in [2.05, 4.69) is 5.10 Å². The number of fused-ring (bicyclic) bond motifs is 1. The highest BCUT2D eigenvalue weighted by Gasteiger charge is 2.64. The Kier molecular flexibility index (Phi) is 3.63. The number of halogens is 3. The third-order valence-corrected chi connectivity index (χ3v) is 5.61. The second-order valence-corrected chi connectivity index (χ2v) is 6.93. The van der Waals surface area contributed by atoms with Crippen LogP contribution in [0.15, 0.2) is 6.07 Å². The van der Waals surface area contributed by atoms with Gasteiger partial charge in [0.25, 0.3) is 5.91 Å². The highest BCUT2D eigenvalue weighted by molar-refractivity contribution is 7.20. The number of aliphatic carboxylic acids is 1. The monoisotopic (exact) mass is 361 g/mol. The van der Waals surface area contributed by atoms with Crippen molar-refractivity contribution >= 4 is 33.4 Å². The molecule has 1 fully saturated rings. The summed E-state index contributed by atoms with van der Waals surface area (Å²) in [4.78, 5) is 25.7. The molecule has 0 aromatic carbocycles. The smallest absolute Gasteiger partial charge is 0.406 e. The first-order valence-corrected chi connectivity index (χ1v) is 7.91. The van der Waals surface area contributed by atoms with Crippen molar-refractivity contribution in [3.63, 3.8) is 0 Å². The topological polar surface area (TPSA) is 75.4 Å². The third-order valence-electron chi connectivity index (χ3n) is 4.42. The van der Waals surface area contributed by atoms with Crippen LogP contribution < -0.4 is 0 Å². The van der Waals surface area contributed by atoms with Gasteiger partial charge in [-0.25, -0.2) is 0 Å². The van der Waals surface area contributed by atoms with Gasteiger partial charge in [0.05, 0.1) is 10.6 Å². The SMILES string of the molecule is Cc1nn(C)c2sc(C(=O)N3CCC(C(=O)O)(C(F)(F)F)C3)cc12. The van der Waals surface area contributed by atoms with Gasteiger partial charge in [0.2, 0.25) is 0 Å². The number of rotatable bonds is 2. The average Bonchev–Trinajstić information content (AvgIpc) is 3.15. The number of thiophene rings is 1. The zero-order valence-corrected chi connectivity index (χ0v) is 13.7. The highest BCUT2D eigenvalue weighted by Crippen LogP contribution is 2.46. The molecule has 1 N–H and O–H groups in total. The van der Waals surface area contributed by atoms with Gasteiger partial charge in [-0.15, -0.1) is 11.3 Å². The maximum atomic E-state index is 13.2. The molecular formula is C14H14F3N3O3S. The first kappa shape index (κ1) is 16.7. The van der Waals surface area contributed by atoms with Crippen LogP contribution in [0, 0.1) is 12.3 Å². The number of carboxylic acids is 1. The van der Waals surface area contributed by atoms with Crippen molar-refractivity contribution in [1.82, 2.24) is 14.7 Å². The lowest BCUT2D eigenvalue weighted by molar-refractivity contribution is -0.227. The number of hydrogen-bond donors (Lipinski definition) is 1. The zero-order valence-electron chi connectivity index (χ0n) is 12.8. The van der Waals surface area contributed by atoms with Crippen molar-refractivity contribution in [3.8, 4) is 0 Å². The summed E-state index contributed by atoms with van der Waals surface area (Å²) in [6, 6.07) is 1.60. The molecule has 2 aromatic rings. The van der Waals surface area contributed by atoms with Crippen molar-refractivity contribution < 1.29 is 27.9 Å². The van der Waals surface area contributed by atoms with Crippen LogP contribution in [-0.4, -0.2) is 50.9 Å². The maximum absolute atomic E-state index is 13.2. The summed E-state index contributed by atoms with van der Waals surface area (Å²) in [5.41, 5.74) is -2.17. The normalized spacial score (nSPS) is 21.6. The number of hydrogen-bond acceptors (Lipinski definition) is 4. The molecule has 0 aliphatic carbocycles. The van der Waals surface area contributed by atoms with Gasteiger partial charge in [-0.3, -0.25) is 14.3 Å². The fraction of sp³-hybridized carbons (Fsp3) is 0.500.